The van der Waals surface area contributed by atoms with Crippen molar-refractivity contribution in [1.29, 1.82) is 0 Å². The van der Waals surface area contributed by atoms with Gasteiger partial charge in [0.1, 0.15) is 0 Å². The quantitative estimate of drug-likeness (QED) is 0.753. The van der Waals surface area contributed by atoms with E-state index in [1.165, 1.54) is 7.11 Å². The molecule has 1 aromatic heterocycles. The SMILES string of the molecule is COCCS(=O)(=O)Nc1nc2ccccc2n1-c1ccccc1. The van der Waals surface area contributed by atoms with Gasteiger partial charge in [0, 0.05) is 12.8 Å². The molecule has 0 atom stereocenters. The Morgan fingerprint density at radius 2 is 1.78 bits per heavy atom. The summed E-state index contributed by atoms with van der Waals surface area (Å²) in [5, 5.41) is 0. The van der Waals surface area contributed by atoms with Gasteiger partial charge in [-0.15, -0.1) is 0 Å². The molecule has 0 saturated heterocycles. The number of rotatable bonds is 6. The van der Waals surface area contributed by atoms with Crippen LogP contribution in [0.4, 0.5) is 5.95 Å². The van der Waals surface area contributed by atoms with Crippen molar-refractivity contribution in [3.05, 3.63) is 54.6 Å². The van der Waals surface area contributed by atoms with Crippen molar-refractivity contribution in [1.82, 2.24) is 9.55 Å². The van der Waals surface area contributed by atoms with Gasteiger partial charge in [-0.05, 0) is 24.3 Å². The lowest BCUT2D eigenvalue weighted by Gasteiger charge is -2.11. The number of fused-ring (bicyclic) bond motifs is 1. The molecule has 0 radical (unpaired) electrons. The van der Waals surface area contributed by atoms with E-state index in [-0.39, 0.29) is 18.3 Å². The third-order valence-electron chi connectivity index (χ3n) is 3.38. The van der Waals surface area contributed by atoms with Crippen LogP contribution in [0.3, 0.4) is 0 Å². The fourth-order valence-electron chi connectivity index (χ4n) is 2.32. The zero-order chi connectivity index (χ0) is 16.3. The second kappa shape index (κ2) is 6.39. The Bertz CT molecular complexity index is 905. The topological polar surface area (TPSA) is 73.2 Å². The first-order chi connectivity index (χ1) is 11.1. The van der Waals surface area contributed by atoms with Crippen molar-refractivity contribution in [2.75, 3.05) is 24.2 Å². The lowest BCUT2D eigenvalue weighted by atomic mass is 10.3. The molecule has 3 rings (SSSR count). The minimum Gasteiger partial charge on any atom is -0.384 e. The fraction of sp³-hybridized carbons (Fsp3) is 0.188. The van der Waals surface area contributed by atoms with E-state index < -0.39 is 10.0 Å². The fourth-order valence-corrected chi connectivity index (χ4v) is 3.22. The van der Waals surface area contributed by atoms with Gasteiger partial charge in [0.15, 0.2) is 0 Å². The van der Waals surface area contributed by atoms with Gasteiger partial charge in [-0.1, -0.05) is 30.3 Å². The molecule has 23 heavy (non-hydrogen) atoms. The highest BCUT2D eigenvalue weighted by Gasteiger charge is 2.17. The molecule has 6 nitrogen and oxygen atoms in total. The van der Waals surface area contributed by atoms with E-state index in [0.717, 1.165) is 16.7 Å². The molecule has 2 aromatic carbocycles. The first kappa shape index (κ1) is 15.5. The maximum absolute atomic E-state index is 12.2. The Hall–Kier alpha value is -2.38. The van der Waals surface area contributed by atoms with Crippen LogP contribution >= 0.6 is 0 Å². The zero-order valence-corrected chi connectivity index (χ0v) is 13.5. The Labute approximate surface area is 134 Å². The second-order valence-electron chi connectivity index (χ2n) is 5.01. The lowest BCUT2D eigenvalue weighted by Crippen LogP contribution is -2.21. The van der Waals surface area contributed by atoms with Gasteiger partial charge in [0.2, 0.25) is 16.0 Å². The van der Waals surface area contributed by atoms with E-state index in [0.29, 0.717) is 0 Å². The maximum atomic E-state index is 12.2. The van der Waals surface area contributed by atoms with Crippen molar-refractivity contribution in [3.8, 4) is 5.69 Å². The van der Waals surface area contributed by atoms with Crippen molar-refractivity contribution in [2.24, 2.45) is 0 Å². The summed E-state index contributed by atoms with van der Waals surface area (Å²) in [4.78, 5) is 4.41. The third-order valence-corrected chi connectivity index (χ3v) is 4.58. The van der Waals surface area contributed by atoms with Crippen molar-refractivity contribution in [2.45, 2.75) is 0 Å². The molecule has 120 valence electrons. The summed E-state index contributed by atoms with van der Waals surface area (Å²) in [6.45, 7) is 0.126. The van der Waals surface area contributed by atoms with Crippen LogP contribution in [0.5, 0.6) is 0 Å². The predicted octanol–water partition coefficient (Wildman–Crippen LogP) is 2.41. The van der Waals surface area contributed by atoms with E-state index >= 15 is 0 Å². The Kier molecular flexibility index (Phi) is 4.31. The van der Waals surface area contributed by atoms with Gasteiger partial charge in [-0.3, -0.25) is 9.29 Å². The average molecular weight is 331 g/mol. The van der Waals surface area contributed by atoms with Gasteiger partial charge < -0.3 is 4.74 Å². The van der Waals surface area contributed by atoms with Gasteiger partial charge in [0.25, 0.3) is 0 Å². The molecule has 0 fully saturated rings. The van der Waals surface area contributed by atoms with Crippen LogP contribution in [-0.2, 0) is 14.8 Å². The molecule has 0 bridgehead atoms. The van der Waals surface area contributed by atoms with E-state index in [1.807, 2.05) is 54.6 Å². The van der Waals surface area contributed by atoms with Crippen LogP contribution in [0.15, 0.2) is 54.6 Å². The number of methoxy groups -OCH3 is 1. The summed E-state index contributed by atoms with van der Waals surface area (Å²) in [6.07, 6.45) is 0. The molecule has 0 saturated carbocycles. The number of anilines is 1. The molecule has 1 heterocycles. The predicted molar refractivity (Wildman–Crippen MR) is 90.4 cm³/mol. The highest BCUT2D eigenvalue weighted by atomic mass is 32.2. The molecule has 3 aromatic rings. The Balaban J connectivity index is 2.10. The van der Waals surface area contributed by atoms with Crippen molar-refractivity contribution in [3.63, 3.8) is 0 Å². The second-order valence-corrected chi connectivity index (χ2v) is 6.85. The van der Waals surface area contributed by atoms with Gasteiger partial charge >= 0.3 is 0 Å². The van der Waals surface area contributed by atoms with E-state index in [2.05, 4.69) is 9.71 Å². The summed E-state index contributed by atoms with van der Waals surface area (Å²) in [5.74, 6) is 0.148. The molecular weight excluding hydrogens is 314 g/mol. The summed E-state index contributed by atoms with van der Waals surface area (Å²) in [5.41, 5.74) is 2.40. The summed E-state index contributed by atoms with van der Waals surface area (Å²) in [7, 11) is -2.07. The molecule has 1 N–H and O–H groups in total. The van der Waals surface area contributed by atoms with Gasteiger partial charge in [0.05, 0.1) is 23.4 Å². The normalized spacial score (nSPS) is 11.7. The molecule has 0 aliphatic heterocycles. The zero-order valence-electron chi connectivity index (χ0n) is 12.6. The van der Waals surface area contributed by atoms with Crippen LogP contribution < -0.4 is 4.72 Å². The summed E-state index contributed by atoms with van der Waals surface area (Å²) in [6, 6.07) is 17.0. The first-order valence-corrected chi connectivity index (χ1v) is 8.78. The number of benzene rings is 2. The van der Waals surface area contributed by atoms with E-state index in [1.54, 1.807) is 4.57 Å². The maximum Gasteiger partial charge on any atom is 0.237 e. The highest BCUT2D eigenvalue weighted by molar-refractivity contribution is 7.92. The van der Waals surface area contributed by atoms with Crippen molar-refractivity contribution >= 4 is 27.0 Å². The van der Waals surface area contributed by atoms with Gasteiger partial charge in [-0.2, -0.15) is 0 Å². The van der Waals surface area contributed by atoms with Crippen molar-refractivity contribution < 1.29 is 13.2 Å². The molecule has 7 heteroatoms. The van der Waals surface area contributed by atoms with Crippen LogP contribution in [0, 0.1) is 0 Å². The molecule has 0 aliphatic carbocycles. The van der Waals surface area contributed by atoms with Crippen LogP contribution in [0.25, 0.3) is 16.7 Å². The lowest BCUT2D eigenvalue weighted by molar-refractivity contribution is 0.217. The Morgan fingerprint density at radius 3 is 2.52 bits per heavy atom. The van der Waals surface area contributed by atoms with Crippen LogP contribution in [0.2, 0.25) is 0 Å². The number of imidazole rings is 1. The molecule has 0 spiro atoms. The third kappa shape index (κ3) is 3.35. The monoisotopic (exact) mass is 331 g/mol. The number of nitrogens with zero attached hydrogens (tertiary/aromatic N) is 2. The number of aromatic nitrogens is 2. The van der Waals surface area contributed by atoms with E-state index in [4.69, 9.17) is 4.74 Å². The summed E-state index contributed by atoms with van der Waals surface area (Å²) >= 11 is 0. The minimum atomic E-state index is -3.53. The molecule has 0 aliphatic rings. The number of hydrogen-bond acceptors (Lipinski definition) is 4. The van der Waals surface area contributed by atoms with Gasteiger partial charge in [-0.25, -0.2) is 13.4 Å². The number of nitrogens with one attached hydrogen (secondary N) is 1. The smallest absolute Gasteiger partial charge is 0.237 e. The number of para-hydroxylation sites is 3. The largest absolute Gasteiger partial charge is 0.384 e. The van der Waals surface area contributed by atoms with Crippen LogP contribution in [-0.4, -0.2) is 37.4 Å². The number of hydrogen-bond donors (Lipinski definition) is 1. The number of sulfonamides is 1. The van der Waals surface area contributed by atoms with Crippen LogP contribution in [0.1, 0.15) is 0 Å². The summed E-state index contributed by atoms with van der Waals surface area (Å²) < 4.78 is 33.5. The molecule has 0 amide bonds. The Morgan fingerprint density at radius 1 is 1.09 bits per heavy atom. The number of ether oxygens (including phenoxy) is 1. The standard InChI is InChI=1S/C16H17N3O3S/c1-22-11-12-23(20,21)18-16-17-14-9-5-6-10-15(14)19(16)13-7-3-2-4-8-13/h2-10H,11-12H2,1H3,(H,17,18). The minimum absolute atomic E-state index is 0.124. The molecule has 0 unspecified atom stereocenters. The first-order valence-electron chi connectivity index (χ1n) is 7.13. The van der Waals surface area contributed by atoms with E-state index in [9.17, 15) is 8.42 Å². The average Bonchev–Trinajstić information content (AvgIpc) is 2.90. The highest BCUT2D eigenvalue weighted by Crippen LogP contribution is 2.25. The molecular formula is C16H17N3O3S.